The average Bonchev–Trinajstić information content (AvgIpc) is 3.34. The molecule has 0 amide bonds. The molecule has 0 heterocycles. The van der Waals surface area contributed by atoms with E-state index < -0.39 is 0 Å². The van der Waals surface area contributed by atoms with Crippen molar-refractivity contribution in [3.63, 3.8) is 0 Å². The summed E-state index contributed by atoms with van der Waals surface area (Å²) in [6, 6.07) is 0.647. The summed E-state index contributed by atoms with van der Waals surface area (Å²) in [5.41, 5.74) is 0. The second-order valence-electron chi connectivity index (χ2n) is 6.77. The molecule has 5 nitrogen and oxygen atoms in total. The zero-order valence-corrected chi connectivity index (χ0v) is 17.7. The molecule has 2 saturated carbocycles. The SMILES string of the molecule is CCNC(=NCCCOCCOC)NC1CC1C1CCCCC1.I. The first-order valence-electron chi connectivity index (χ1n) is 9.46. The number of nitrogens with zero attached hydrogens (tertiary/aromatic N) is 1. The Hall–Kier alpha value is -0.0800. The van der Waals surface area contributed by atoms with Crippen LogP contribution in [0.15, 0.2) is 4.99 Å². The van der Waals surface area contributed by atoms with E-state index in [0.717, 1.165) is 43.9 Å². The van der Waals surface area contributed by atoms with Gasteiger partial charge in [-0.05, 0) is 31.6 Å². The van der Waals surface area contributed by atoms with Crippen molar-refractivity contribution in [2.45, 2.75) is 57.9 Å². The van der Waals surface area contributed by atoms with Crippen LogP contribution in [0.25, 0.3) is 0 Å². The van der Waals surface area contributed by atoms with Gasteiger partial charge in [-0.15, -0.1) is 24.0 Å². The maximum absolute atomic E-state index is 5.47. The molecule has 142 valence electrons. The standard InChI is InChI=1S/C18H35N3O2.HI/c1-3-19-18(20-10-7-11-23-13-12-22-2)21-17-14-16(17)15-8-5-4-6-9-15;/h15-17H,3-14H2,1-2H3,(H2,19,20,21);1H. The third-order valence-corrected chi connectivity index (χ3v) is 4.91. The normalized spacial score (nSPS) is 24.3. The van der Waals surface area contributed by atoms with Crippen LogP contribution in [-0.2, 0) is 9.47 Å². The van der Waals surface area contributed by atoms with Crippen molar-refractivity contribution < 1.29 is 9.47 Å². The van der Waals surface area contributed by atoms with Gasteiger partial charge >= 0.3 is 0 Å². The molecule has 2 fully saturated rings. The fourth-order valence-corrected chi connectivity index (χ4v) is 3.56. The number of rotatable bonds is 10. The quantitative estimate of drug-likeness (QED) is 0.231. The number of methoxy groups -OCH3 is 1. The van der Waals surface area contributed by atoms with Crippen LogP contribution in [-0.4, -0.2) is 52.0 Å². The van der Waals surface area contributed by atoms with Crippen molar-refractivity contribution >= 4 is 29.9 Å². The van der Waals surface area contributed by atoms with E-state index in [0.29, 0.717) is 19.3 Å². The number of halogens is 1. The number of ether oxygens (including phenoxy) is 2. The summed E-state index contributed by atoms with van der Waals surface area (Å²) in [5.74, 6) is 2.82. The zero-order valence-electron chi connectivity index (χ0n) is 15.4. The predicted octanol–water partition coefficient (Wildman–Crippen LogP) is 3.18. The Bertz CT molecular complexity index is 349. The first kappa shape index (κ1) is 22.0. The van der Waals surface area contributed by atoms with Gasteiger partial charge in [0.1, 0.15) is 0 Å². The first-order valence-corrected chi connectivity index (χ1v) is 9.46. The van der Waals surface area contributed by atoms with Crippen molar-refractivity contribution in [2.75, 3.05) is 40.0 Å². The molecule has 2 aliphatic rings. The van der Waals surface area contributed by atoms with Crippen molar-refractivity contribution in [2.24, 2.45) is 16.8 Å². The lowest BCUT2D eigenvalue weighted by Crippen LogP contribution is -2.39. The molecular formula is C18H36IN3O2. The maximum atomic E-state index is 5.47. The molecule has 0 aromatic rings. The first-order chi connectivity index (χ1) is 11.3. The third kappa shape index (κ3) is 8.34. The Balaban J connectivity index is 0.00000288. The van der Waals surface area contributed by atoms with E-state index in [1.807, 2.05) is 0 Å². The van der Waals surface area contributed by atoms with Crippen molar-refractivity contribution in [3.05, 3.63) is 0 Å². The van der Waals surface area contributed by atoms with Gasteiger partial charge in [0.05, 0.1) is 13.2 Å². The van der Waals surface area contributed by atoms with Gasteiger partial charge in [0.2, 0.25) is 0 Å². The fourth-order valence-electron chi connectivity index (χ4n) is 3.56. The summed E-state index contributed by atoms with van der Waals surface area (Å²) in [6.07, 6.45) is 9.48. The molecule has 0 spiro atoms. The molecule has 6 heteroatoms. The minimum absolute atomic E-state index is 0. The van der Waals surface area contributed by atoms with E-state index in [1.54, 1.807) is 7.11 Å². The zero-order chi connectivity index (χ0) is 16.3. The minimum atomic E-state index is 0. The van der Waals surface area contributed by atoms with Crippen LogP contribution >= 0.6 is 24.0 Å². The average molecular weight is 453 g/mol. The van der Waals surface area contributed by atoms with Crippen LogP contribution in [0.5, 0.6) is 0 Å². The summed E-state index contributed by atoms with van der Waals surface area (Å²) in [5, 5.41) is 7.00. The summed E-state index contributed by atoms with van der Waals surface area (Å²) >= 11 is 0. The minimum Gasteiger partial charge on any atom is -0.382 e. The molecule has 24 heavy (non-hydrogen) atoms. The molecule has 2 aliphatic carbocycles. The smallest absolute Gasteiger partial charge is 0.191 e. The topological polar surface area (TPSA) is 54.9 Å². The summed E-state index contributed by atoms with van der Waals surface area (Å²) in [4.78, 5) is 4.67. The summed E-state index contributed by atoms with van der Waals surface area (Å²) < 4.78 is 10.4. The number of nitrogens with one attached hydrogen (secondary N) is 2. The van der Waals surface area contributed by atoms with Gasteiger partial charge < -0.3 is 20.1 Å². The van der Waals surface area contributed by atoms with Gasteiger partial charge in [0.25, 0.3) is 0 Å². The molecule has 2 atom stereocenters. The molecule has 0 aliphatic heterocycles. The highest BCUT2D eigenvalue weighted by molar-refractivity contribution is 14.0. The van der Waals surface area contributed by atoms with Crippen molar-refractivity contribution in [1.29, 1.82) is 0 Å². The van der Waals surface area contributed by atoms with Gasteiger partial charge in [-0.1, -0.05) is 32.1 Å². The lowest BCUT2D eigenvalue weighted by Gasteiger charge is -2.22. The van der Waals surface area contributed by atoms with E-state index in [-0.39, 0.29) is 24.0 Å². The molecule has 0 aromatic heterocycles. The molecule has 2 rings (SSSR count). The number of hydrogen-bond donors (Lipinski definition) is 2. The molecule has 2 N–H and O–H groups in total. The van der Waals surface area contributed by atoms with Crippen molar-refractivity contribution in [1.82, 2.24) is 10.6 Å². The second-order valence-corrected chi connectivity index (χ2v) is 6.77. The number of hydrogen-bond acceptors (Lipinski definition) is 3. The Kier molecular flexibility index (Phi) is 12.0. The fraction of sp³-hybridized carbons (Fsp3) is 0.944. The lowest BCUT2D eigenvalue weighted by molar-refractivity contribution is 0.0702. The van der Waals surface area contributed by atoms with Gasteiger partial charge in [-0.25, -0.2) is 0 Å². The Morgan fingerprint density at radius 2 is 1.92 bits per heavy atom. The number of guanidine groups is 1. The number of aliphatic imine (C=N–C) groups is 1. The van der Waals surface area contributed by atoms with Crippen LogP contribution in [0.1, 0.15) is 51.9 Å². The Labute approximate surface area is 164 Å². The third-order valence-electron chi connectivity index (χ3n) is 4.91. The maximum Gasteiger partial charge on any atom is 0.191 e. The Morgan fingerprint density at radius 3 is 2.62 bits per heavy atom. The van der Waals surface area contributed by atoms with Gasteiger partial charge in [0, 0.05) is 32.8 Å². The highest BCUT2D eigenvalue weighted by Gasteiger charge is 2.43. The monoisotopic (exact) mass is 453 g/mol. The summed E-state index contributed by atoms with van der Waals surface area (Å²) in [6.45, 7) is 5.93. The van der Waals surface area contributed by atoms with Gasteiger partial charge in [0.15, 0.2) is 5.96 Å². The molecule has 0 radical (unpaired) electrons. The van der Waals surface area contributed by atoms with Gasteiger partial charge in [-0.3, -0.25) is 4.99 Å². The molecule has 0 bridgehead atoms. The van der Waals surface area contributed by atoms with E-state index in [1.165, 1.54) is 38.5 Å². The largest absolute Gasteiger partial charge is 0.382 e. The molecular weight excluding hydrogens is 417 g/mol. The van der Waals surface area contributed by atoms with E-state index in [2.05, 4.69) is 22.5 Å². The Morgan fingerprint density at radius 1 is 1.12 bits per heavy atom. The van der Waals surface area contributed by atoms with E-state index in [9.17, 15) is 0 Å². The van der Waals surface area contributed by atoms with Crippen LogP contribution in [0.4, 0.5) is 0 Å². The highest BCUT2D eigenvalue weighted by atomic mass is 127. The second kappa shape index (κ2) is 13.2. The van der Waals surface area contributed by atoms with E-state index in [4.69, 9.17) is 9.47 Å². The van der Waals surface area contributed by atoms with Crippen LogP contribution in [0.2, 0.25) is 0 Å². The molecule has 0 saturated heterocycles. The van der Waals surface area contributed by atoms with E-state index >= 15 is 0 Å². The van der Waals surface area contributed by atoms with Crippen LogP contribution < -0.4 is 10.6 Å². The lowest BCUT2D eigenvalue weighted by atomic mass is 9.85. The molecule has 0 aromatic carbocycles. The molecule has 2 unspecified atom stereocenters. The van der Waals surface area contributed by atoms with Crippen LogP contribution in [0.3, 0.4) is 0 Å². The van der Waals surface area contributed by atoms with Crippen molar-refractivity contribution in [3.8, 4) is 0 Å². The van der Waals surface area contributed by atoms with Gasteiger partial charge in [-0.2, -0.15) is 0 Å². The predicted molar refractivity (Wildman–Crippen MR) is 110 cm³/mol. The summed E-state index contributed by atoms with van der Waals surface area (Å²) in [7, 11) is 1.69. The van der Waals surface area contributed by atoms with Crippen LogP contribution in [0, 0.1) is 11.8 Å². The highest BCUT2D eigenvalue weighted by Crippen LogP contribution is 2.44.